The molecule has 0 aliphatic carbocycles. The minimum atomic E-state index is -0.676. The molecule has 1 saturated heterocycles. The minimum absolute atomic E-state index is 0.227. The lowest BCUT2D eigenvalue weighted by molar-refractivity contribution is -0.176. The summed E-state index contributed by atoms with van der Waals surface area (Å²) in [5.74, 6) is -0.318. The van der Waals surface area contributed by atoms with E-state index < -0.39 is 23.8 Å². The molecule has 0 spiro atoms. The Morgan fingerprint density at radius 1 is 1.36 bits per heavy atom. The first-order valence-electron chi connectivity index (χ1n) is 8.58. The van der Waals surface area contributed by atoms with Gasteiger partial charge >= 0.3 is 6.09 Å². The van der Waals surface area contributed by atoms with Crippen molar-refractivity contribution in [2.45, 2.75) is 65.1 Å². The van der Waals surface area contributed by atoms with Crippen LogP contribution in [0.3, 0.4) is 0 Å². The van der Waals surface area contributed by atoms with Crippen molar-refractivity contribution >= 4 is 17.9 Å². The summed E-state index contributed by atoms with van der Waals surface area (Å²) >= 11 is 0. The van der Waals surface area contributed by atoms with E-state index in [2.05, 4.69) is 5.32 Å². The van der Waals surface area contributed by atoms with Crippen molar-refractivity contribution in [3.05, 3.63) is 0 Å². The average Bonchev–Trinajstić information content (AvgIpc) is 2.82. The number of likely N-dealkylation sites (tertiary alicyclic amines) is 1. The van der Waals surface area contributed by atoms with Gasteiger partial charge in [-0.25, -0.2) is 9.86 Å². The third-order valence-corrected chi connectivity index (χ3v) is 3.87. The van der Waals surface area contributed by atoms with Crippen LogP contribution in [0.2, 0.25) is 0 Å². The quantitative estimate of drug-likeness (QED) is 0.729. The van der Waals surface area contributed by atoms with E-state index in [1.807, 2.05) is 13.8 Å². The van der Waals surface area contributed by atoms with Crippen molar-refractivity contribution in [3.63, 3.8) is 0 Å². The molecule has 1 heterocycles. The van der Waals surface area contributed by atoms with E-state index in [9.17, 15) is 14.4 Å². The van der Waals surface area contributed by atoms with Crippen LogP contribution in [0.5, 0.6) is 0 Å². The maximum atomic E-state index is 12.7. The molecule has 0 aromatic heterocycles. The summed E-state index contributed by atoms with van der Waals surface area (Å²) in [6, 6.07) is -1.28. The smallest absolute Gasteiger partial charge is 0.408 e. The highest BCUT2D eigenvalue weighted by molar-refractivity contribution is 5.92. The van der Waals surface area contributed by atoms with E-state index in [4.69, 9.17) is 9.57 Å². The lowest BCUT2D eigenvalue weighted by Gasteiger charge is -2.31. The van der Waals surface area contributed by atoms with Crippen LogP contribution in [-0.4, -0.2) is 66.3 Å². The van der Waals surface area contributed by atoms with Gasteiger partial charge in [-0.3, -0.25) is 14.4 Å². The number of alkyl carbamates (subject to hydrolysis) is 1. The highest BCUT2D eigenvalue weighted by Gasteiger charge is 2.41. The predicted molar refractivity (Wildman–Crippen MR) is 92.5 cm³/mol. The van der Waals surface area contributed by atoms with Crippen LogP contribution >= 0.6 is 0 Å². The third kappa shape index (κ3) is 6.19. The van der Waals surface area contributed by atoms with Gasteiger partial charge in [-0.05, 0) is 39.5 Å². The zero-order chi connectivity index (χ0) is 19.4. The molecule has 0 unspecified atom stereocenters. The van der Waals surface area contributed by atoms with Gasteiger partial charge in [-0.15, -0.1) is 0 Å². The Morgan fingerprint density at radius 3 is 2.44 bits per heavy atom. The number of likely N-dealkylation sites (N-methyl/N-ethyl adjacent to an activating group) is 1. The van der Waals surface area contributed by atoms with Gasteiger partial charge in [0.15, 0.2) is 0 Å². The van der Waals surface area contributed by atoms with Gasteiger partial charge in [0.1, 0.15) is 17.7 Å². The van der Waals surface area contributed by atoms with E-state index in [0.717, 1.165) is 5.06 Å². The summed E-state index contributed by atoms with van der Waals surface area (Å²) in [6.07, 6.45) is 0.335. The lowest BCUT2D eigenvalue weighted by atomic mass is 10.0. The fourth-order valence-electron chi connectivity index (χ4n) is 2.70. The molecular formula is C17H31N3O5. The number of ether oxygens (including phenoxy) is 1. The predicted octanol–water partition coefficient (Wildman–Crippen LogP) is 1.55. The number of amides is 3. The van der Waals surface area contributed by atoms with Crippen LogP contribution in [0.15, 0.2) is 0 Å². The van der Waals surface area contributed by atoms with Crippen molar-refractivity contribution < 1.29 is 24.0 Å². The molecule has 144 valence electrons. The van der Waals surface area contributed by atoms with Crippen LogP contribution in [-0.2, 0) is 19.2 Å². The van der Waals surface area contributed by atoms with E-state index in [1.165, 1.54) is 19.1 Å². The number of hydrogen-bond donors (Lipinski definition) is 1. The van der Waals surface area contributed by atoms with Crippen molar-refractivity contribution in [3.8, 4) is 0 Å². The Morgan fingerprint density at radius 2 is 1.96 bits per heavy atom. The molecule has 0 saturated carbocycles. The van der Waals surface area contributed by atoms with Crippen molar-refractivity contribution in [2.24, 2.45) is 5.92 Å². The molecule has 1 rings (SSSR count). The third-order valence-electron chi connectivity index (χ3n) is 3.87. The van der Waals surface area contributed by atoms with Crippen LogP contribution in [0.25, 0.3) is 0 Å². The number of nitrogens with one attached hydrogen (secondary N) is 1. The molecule has 8 heteroatoms. The van der Waals surface area contributed by atoms with E-state index in [1.54, 1.807) is 20.8 Å². The molecule has 0 radical (unpaired) electrons. The summed E-state index contributed by atoms with van der Waals surface area (Å²) in [5.41, 5.74) is -0.636. The van der Waals surface area contributed by atoms with Gasteiger partial charge in [-0.2, -0.15) is 0 Å². The summed E-state index contributed by atoms with van der Waals surface area (Å²) in [7, 11) is 2.93. The maximum Gasteiger partial charge on any atom is 0.408 e. The largest absolute Gasteiger partial charge is 0.444 e. The van der Waals surface area contributed by atoms with Crippen LogP contribution < -0.4 is 5.32 Å². The van der Waals surface area contributed by atoms with Gasteiger partial charge in [0, 0.05) is 13.6 Å². The molecule has 1 fully saturated rings. The van der Waals surface area contributed by atoms with Gasteiger partial charge in [-0.1, -0.05) is 13.8 Å². The molecule has 25 heavy (non-hydrogen) atoms. The van der Waals surface area contributed by atoms with Crippen molar-refractivity contribution in [1.82, 2.24) is 15.3 Å². The molecule has 8 nitrogen and oxygen atoms in total. The molecule has 2 atom stereocenters. The zero-order valence-electron chi connectivity index (χ0n) is 16.3. The van der Waals surface area contributed by atoms with Crippen molar-refractivity contribution in [1.29, 1.82) is 0 Å². The SMILES string of the molecule is CON(C)C(=O)[C@H](CC(C)C)N1CC[C@H](NC(=O)OC(C)(C)C)C1=O. The fraction of sp³-hybridized carbons (Fsp3) is 0.824. The van der Waals surface area contributed by atoms with Crippen LogP contribution in [0, 0.1) is 5.92 Å². The average molecular weight is 357 g/mol. The zero-order valence-corrected chi connectivity index (χ0v) is 16.3. The molecule has 0 aromatic carbocycles. The summed E-state index contributed by atoms with van der Waals surface area (Å²) < 4.78 is 5.20. The summed E-state index contributed by atoms with van der Waals surface area (Å²) in [6.45, 7) is 9.65. The molecule has 3 amide bonds. The van der Waals surface area contributed by atoms with Crippen molar-refractivity contribution in [2.75, 3.05) is 20.7 Å². The second-order valence-electron chi connectivity index (χ2n) is 7.68. The van der Waals surface area contributed by atoms with E-state index >= 15 is 0 Å². The molecular weight excluding hydrogens is 326 g/mol. The first-order chi connectivity index (χ1) is 11.5. The number of carbonyl (C=O) groups is 3. The lowest BCUT2D eigenvalue weighted by Crippen LogP contribution is -2.51. The standard InChI is InChI=1S/C17H31N3O5/c1-11(2)10-13(15(22)19(6)24-7)20-9-8-12(14(20)21)18-16(23)25-17(3,4)5/h11-13H,8-10H2,1-7H3,(H,18,23)/t12-,13-/m0/s1. The topological polar surface area (TPSA) is 88.2 Å². The second kappa shape index (κ2) is 8.51. The summed E-state index contributed by atoms with van der Waals surface area (Å²) in [4.78, 5) is 43.6. The Kier molecular flexibility index (Phi) is 7.22. The Balaban J connectivity index is 2.81. The van der Waals surface area contributed by atoms with E-state index in [-0.39, 0.29) is 17.7 Å². The number of hydroxylamine groups is 2. The molecule has 1 aliphatic heterocycles. The van der Waals surface area contributed by atoms with Gasteiger partial charge in [0.25, 0.3) is 5.91 Å². The highest BCUT2D eigenvalue weighted by Crippen LogP contribution is 2.21. The van der Waals surface area contributed by atoms with Gasteiger partial charge in [0.05, 0.1) is 7.11 Å². The molecule has 0 aromatic rings. The number of carbonyl (C=O) groups excluding carboxylic acids is 3. The first-order valence-corrected chi connectivity index (χ1v) is 8.58. The summed E-state index contributed by atoms with van der Waals surface area (Å²) in [5, 5.41) is 3.73. The normalized spacial score (nSPS) is 19.1. The Labute approximate surface area is 149 Å². The van der Waals surface area contributed by atoms with Gasteiger partial charge < -0.3 is 15.0 Å². The number of hydrogen-bond acceptors (Lipinski definition) is 5. The highest BCUT2D eigenvalue weighted by atomic mass is 16.7. The molecule has 1 N–H and O–H groups in total. The second-order valence-corrected chi connectivity index (χ2v) is 7.68. The van der Waals surface area contributed by atoms with E-state index in [0.29, 0.717) is 19.4 Å². The van der Waals surface area contributed by atoms with Gasteiger partial charge in [0.2, 0.25) is 5.91 Å². The van der Waals surface area contributed by atoms with Crippen LogP contribution in [0.1, 0.15) is 47.5 Å². The monoisotopic (exact) mass is 357 g/mol. The molecule has 0 bridgehead atoms. The number of rotatable bonds is 6. The first kappa shape index (κ1) is 21.2. The van der Waals surface area contributed by atoms with Crippen LogP contribution in [0.4, 0.5) is 4.79 Å². The Bertz CT molecular complexity index is 501. The number of nitrogens with zero attached hydrogens (tertiary/aromatic N) is 2. The maximum absolute atomic E-state index is 12.7. The minimum Gasteiger partial charge on any atom is -0.444 e. The molecule has 1 aliphatic rings. The Hall–Kier alpha value is -1.83. The fourth-order valence-corrected chi connectivity index (χ4v) is 2.70.